The Morgan fingerprint density at radius 3 is 1.96 bits per heavy atom. The van der Waals surface area contributed by atoms with E-state index >= 15 is 0 Å². The van der Waals surface area contributed by atoms with Crippen molar-refractivity contribution in [1.29, 1.82) is 0 Å². The molecule has 5 unspecified atom stereocenters. The first-order chi connectivity index (χ1) is 67.6. The number of rotatable bonds is 59. The van der Waals surface area contributed by atoms with Crippen LogP contribution < -0.4 is 40.4 Å². The van der Waals surface area contributed by atoms with Crippen molar-refractivity contribution in [1.82, 2.24) is 45.9 Å². The third-order valence-corrected chi connectivity index (χ3v) is 31.4. The summed E-state index contributed by atoms with van der Waals surface area (Å²) in [5, 5.41) is 50.7. The highest BCUT2D eigenvalue weighted by atomic mass is 79.9. The van der Waals surface area contributed by atoms with Crippen molar-refractivity contribution in [3.8, 4) is 23.0 Å². The molecule has 8 N–H and O–H groups in total. The Kier molecular flexibility index (Phi) is 49.1. The van der Waals surface area contributed by atoms with Crippen molar-refractivity contribution < 1.29 is 125 Å². The Labute approximate surface area is 867 Å². The second-order valence-corrected chi connectivity index (χ2v) is 41.4. The van der Waals surface area contributed by atoms with Crippen molar-refractivity contribution in [2.24, 2.45) is 28.7 Å². The molecule has 37 nitrogen and oxygen atoms in total. The molecule has 9 rings (SSSR count). The average molecular weight is 2260 g/mol. The number of aromatic nitrogens is 1. The van der Waals surface area contributed by atoms with Crippen LogP contribution in [0.3, 0.4) is 0 Å². The highest BCUT2D eigenvalue weighted by molar-refractivity contribution is 9.13. The van der Waals surface area contributed by atoms with Crippen LogP contribution in [0.5, 0.6) is 23.0 Å². The largest absolute Gasteiger partial charge is 0.508 e. The Balaban J connectivity index is 0.000000348. The first kappa shape index (κ1) is 118. The Hall–Kier alpha value is -9.50. The average Bonchev–Trinajstić information content (AvgIpc) is 1.62. The van der Waals surface area contributed by atoms with Gasteiger partial charge in [-0.1, -0.05) is 148 Å². The number of aliphatic hydroxyl groups excluding tert-OH is 1. The van der Waals surface area contributed by atoms with Gasteiger partial charge >= 0.3 is 17.9 Å². The molecule has 42 heteroatoms. The number of carboxylic acid groups (broad SMARTS) is 2. The number of fused-ring (bicyclic) bond motifs is 4. The number of unbranched alkanes of at least 4 members (excludes halogenated alkanes) is 2. The molecule has 4 aromatic rings. The van der Waals surface area contributed by atoms with E-state index in [1.165, 1.54) is 25.3 Å². The number of phenolic OH excluding ortho intramolecular Hbond substituents is 1. The number of esters is 1. The SMILES string of the molecule is C=C1C[C@H]2CN(C(=O)CCOCCOCCNC(=O)C(Br)C(Br)C(=O)NCC(=O)CCCOCCO)c3cc(OCCCCCOc4cc5c(cc4OC)C(=O)N4CC(=C)C[C@H]4C=N5)c(C)cc3C(=O)N2C1.CC[C@H](C)[C@H](CC(=O)[C@H]1CCCCN1C)C(=O)N(C)[C@H](C[C@@H](OC(C)=O)c1nc(C(=O)N[C@@H](Cc2ccc(O)c(CC(=O)CCOCCNC(=O)C(Br)C(Br)C(=O)O)c2)CC(C)C(=O)O)cs1)C(C)C. The number of aliphatic hydroxyl groups is 1. The summed E-state index contributed by atoms with van der Waals surface area (Å²) in [7, 11) is 5.22. The zero-order valence-electron chi connectivity index (χ0n) is 82.5. The van der Waals surface area contributed by atoms with E-state index in [1.54, 1.807) is 76.4 Å². The van der Waals surface area contributed by atoms with Crippen LogP contribution in [0.25, 0.3) is 0 Å². The number of methoxy groups -OCH3 is 1. The zero-order valence-corrected chi connectivity index (χ0v) is 89.6. The van der Waals surface area contributed by atoms with Crippen LogP contribution in [0.15, 0.2) is 77.1 Å². The number of anilines is 1. The van der Waals surface area contributed by atoms with Crippen LogP contribution in [-0.4, -0.2) is 323 Å². The maximum absolute atomic E-state index is 14.4. The Bertz CT molecular complexity index is 5080. The number of Topliss-reactive ketones (excluding diaryl/α,β-unsaturated/α-hetero) is 3. The first-order valence-corrected chi connectivity index (χ1v) is 52.7. The first-order valence-electron chi connectivity index (χ1n) is 48.1. The molecule has 0 aliphatic carbocycles. The quantitative estimate of drug-likeness (QED) is 0.00881. The topological polar surface area (TPSA) is 483 Å². The van der Waals surface area contributed by atoms with Crippen molar-refractivity contribution in [2.45, 2.75) is 220 Å². The van der Waals surface area contributed by atoms with Crippen LogP contribution in [0.4, 0.5) is 11.4 Å². The summed E-state index contributed by atoms with van der Waals surface area (Å²) < 4.78 is 45.7. The molecule has 5 aliphatic rings. The molecule has 3 saturated heterocycles. The number of halogens is 4. The summed E-state index contributed by atoms with van der Waals surface area (Å²) >= 11 is 13.5. The van der Waals surface area contributed by atoms with Crippen LogP contribution >= 0.6 is 75.1 Å². The third kappa shape index (κ3) is 35.7. The van der Waals surface area contributed by atoms with Gasteiger partial charge in [0.05, 0.1) is 133 Å². The van der Waals surface area contributed by atoms with Gasteiger partial charge < -0.3 is 99.2 Å². The zero-order chi connectivity index (χ0) is 104. The molecule has 3 fully saturated rings. The van der Waals surface area contributed by atoms with E-state index in [4.69, 9.17) is 48.1 Å². The fourth-order valence-electron chi connectivity index (χ4n) is 17.2. The number of piperidine rings is 1. The van der Waals surface area contributed by atoms with Crippen molar-refractivity contribution in [3.05, 3.63) is 111 Å². The molecule has 0 saturated carbocycles. The van der Waals surface area contributed by atoms with Crippen LogP contribution in [-0.2, 0) is 89.3 Å². The number of thiazole rings is 1. The highest BCUT2D eigenvalue weighted by Crippen LogP contribution is 2.42. The number of alkyl halides is 4. The summed E-state index contributed by atoms with van der Waals surface area (Å²) in [4.78, 5) is 195. The number of amides is 8. The molecule has 13 atom stereocenters. The number of carbonyl (C=O) groups excluding carboxylic acids is 12. The Morgan fingerprint density at radius 1 is 0.683 bits per heavy atom. The van der Waals surface area contributed by atoms with E-state index in [1.807, 2.05) is 41.7 Å². The van der Waals surface area contributed by atoms with Gasteiger partial charge in [0.25, 0.3) is 17.7 Å². The van der Waals surface area contributed by atoms with Crippen molar-refractivity contribution in [2.75, 3.05) is 145 Å². The van der Waals surface area contributed by atoms with Crippen LogP contribution in [0.1, 0.15) is 203 Å². The van der Waals surface area contributed by atoms with Crippen LogP contribution in [0.2, 0.25) is 0 Å². The number of hydrogen-bond donors (Lipinski definition) is 8. The van der Waals surface area contributed by atoms with Crippen LogP contribution in [0, 0.1) is 30.6 Å². The number of nitrogens with zero attached hydrogens (tertiary/aromatic N) is 7. The molecule has 1 aromatic heterocycles. The monoisotopic (exact) mass is 2260 g/mol. The predicted molar refractivity (Wildman–Crippen MR) is 547 cm³/mol. The summed E-state index contributed by atoms with van der Waals surface area (Å²) in [5.74, 6) is -6.06. The molecule has 0 spiro atoms. The van der Waals surface area contributed by atoms with E-state index in [0.717, 1.165) is 73.1 Å². The van der Waals surface area contributed by atoms with Gasteiger partial charge in [0.2, 0.25) is 29.5 Å². The van der Waals surface area contributed by atoms with E-state index in [9.17, 15) is 77.3 Å². The number of aryl methyl sites for hydroxylation is 1. The maximum Gasteiger partial charge on any atom is 0.318 e. The van der Waals surface area contributed by atoms with E-state index < -0.39 is 90.9 Å². The number of nitrogens with one attached hydrogen (secondary N) is 4. The fraction of sp³-hybridized carbons (Fsp3) is 0.600. The third-order valence-electron chi connectivity index (χ3n) is 25.3. The molecule has 6 heterocycles. The number of carbonyl (C=O) groups is 14. The Morgan fingerprint density at radius 2 is 1.32 bits per heavy atom. The smallest absolute Gasteiger partial charge is 0.318 e. The van der Waals surface area contributed by atoms with Crippen molar-refractivity contribution >= 4 is 175 Å². The number of aliphatic imine (C=N–C) groups is 1. The summed E-state index contributed by atoms with van der Waals surface area (Å²) in [6.45, 7) is 25.0. The number of likely N-dealkylation sites (N-methyl/N-ethyl adjacent to an activating group) is 1. The summed E-state index contributed by atoms with van der Waals surface area (Å²) in [6, 6.07) is 10.0. The van der Waals surface area contributed by atoms with Gasteiger partial charge in [0.1, 0.15) is 47.3 Å². The van der Waals surface area contributed by atoms with Gasteiger partial charge in [-0.25, -0.2) is 4.98 Å². The second kappa shape index (κ2) is 59.2. The van der Waals surface area contributed by atoms with Gasteiger partial charge in [-0.3, -0.25) is 77.0 Å². The minimum Gasteiger partial charge on any atom is -0.508 e. The second-order valence-electron chi connectivity index (χ2n) is 36.6. The number of ketones is 3. The van der Waals surface area contributed by atoms with E-state index in [-0.39, 0.29) is 206 Å². The molecular weight excluding hydrogens is 2120 g/mol. The molecule has 782 valence electrons. The maximum atomic E-state index is 14.4. The predicted octanol–water partition coefficient (Wildman–Crippen LogP) is 10.9. The van der Waals surface area contributed by atoms with E-state index in [2.05, 4.69) is 113 Å². The normalized spacial score (nSPS) is 17.7. The lowest BCUT2D eigenvalue weighted by atomic mass is 9.83. The highest BCUT2D eigenvalue weighted by Gasteiger charge is 2.43. The number of aromatic hydroxyl groups is 1. The van der Waals surface area contributed by atoms with Gasteiger partial charge in [-0.05, 0) is 126 Å². The lowest BCUT2D eigenvalue weighted by Gasteiger charge is -2.37. The number of carboxylic acids is 2. The molecule has 3 aromatic carbocycles. The molecule has 0 radical (unpaired) electrons. The van der Waals surface area contributed by atoms with Crippen molar-refractivity contribution in [3.63, 3.8) is 0 Å². The fourth-order valence-corrected chi connectivity index (χ4v) is 19.4. The number of benzene rings is 3. The minimum absolute atomic E-state index is 0.00371. The lowest BCUT2D eigenvalue weighted by molar-refractivity contribution is -0.150. The molecular formula is C100H137Br4N11O26S. The van der Waals surface area contributed by atoms with E-state index in [0.29, 0.717) is 121 Å². The molecule has 142 heavy (non-hydrogen) atoms. The summed E-state index contributed by atoms with van der Waals surface area (Å²) in [6.07, 6.45) is 9.00. The standard InChI is InChI=1S/C51H66Br2N6O13.C49H71Br2N5O13S/c1-32-21-35-27-55-40-25-44(43(67-4)24-38(40)50(65)57(35)29-32)72-15-7-5-6-14-71-42-26-41-39(23-34(42)3)51(66)58-30-33(2)22-36(58)31-59(41)45(62)10-16-69-19-20-70-17-11-54-48(63)46(52)47(53)49(64)56-28-37(61)9-8-13-68-18-12-60;1-9-28(4)35(24-40(60)37-12-10-11-17-55(37)7)47(63)56(8)38(27(2)3)25-41(69-30(6)57)46-54-36(26-70-46)44(61)53-33(20-29(5)48(64)65)22-31-13-14-39(59)32(21-31)23-34(58)15-18-68-19-16-52-45(62)42(50)43(51)49(66)67/h23-27,35-36,46-47,60H,1-2,5-22,28-31H2,3-4H3,(H,54,63)(H,56,64);13-14,21,26-29,33,35,37-38,41-43,59H,9-12,15-20,22-25H2,1-8H3,(H,52,62)(H,53,61)(H,64,65)(H,66,67)/t35-,36-,46?,47?;28-,29?,33+,35-,37+,38+,41+,42?,43?/m00/s1. The molecule has 5 aliphatic heterocycles. The number of ether oxygens (including phenoxy) is 8. The molecule has 8 amide bonds. The number of aliphatic carboxylic acids is 2. The number of phenols is 1. The van der Waals surface area contributed by atoms with Gasteiger partial charge in [-0.15, -0.1) is 11.3 Å². The van der Waals surface area contributed by atoms with Gasteiger partial charge in [0.15, 0.2) is 29.2 Å². The summed E-state index contributed by atoms with van der Waals surface area (Å²) in [5.41, 5.74) is 5.61. The minimum atomic E-state index is -1.20. The number of hydrogen-bond acceptors (Lipinski definition) is 28. The van der Waals surface area contributed by atoms with Gasteiger partial charge in [-0.2, -0.15) is 0 Å². The molecule has 0 bridgehead atoms. The number of likely N-dealkylation sites (tertiary alicyclic amines) is 1. The van der Waals surface area contributed by atoms with Gasteiger partial charge in [0, 0.05) is 133 Å². The lowest BCUT2D eigenvalue weighted by Crippen LogP contribution is -2.48.